The second-order valence-electron chi connectivity index (χ2n) is 5.70. The van der Waals surface area contributed by atoms with E-state index >= 15 is 0 Å². The minimum atomic E-state index is -0.434. The summed E-state index contributed by atoms with van der Waals surface area (Å²) in [6, 6.07) is 5.80. The van der Waals surface area contributed by atoms with Crippen LogP contribution in [0.5, 0.6) is 11.5 Å². The monoisotopic (exact) mass is 349 g/mol. The highest BCUT2D eigenvalue weighted by molar-refractivity contribution is 7.98. The number of benzene rings is 1. The lowest BCUT2D eigenvalue weighted by Crippen LogP contribution is -2.17. The molecule has 6 nitrogen and oxygen atoms in total. The van der Waals surface area contributed by atoms with Gasteiger partial charge in [-0.3, -0.25) is 0 Å². The van der Waals surface area contributed by atoms with E-state index < -0.39 is 6.10 Å². The molecule has 0 bridgehead atoms. The molecule has 1 unspecified atom stereocenters. The molecular formula is C17H23N3O3S. The molecule has 1 N–H and O–H groups in total. The van der Waals surface area contributed by atoms with Gasteiger partial charge in [-0.25, -0.2) is 9.67 Å². The highest BCUT2D eigenvalue weighted by atomic mass is 32.2. The number of hydrogen-bond donors (Lipinski definition) is 1. The van der Waals surface area contributed by atoms with Crippen LogP contribution in [0.4, 0.5) is 0 Å². The molecule has 0 saturated carbocycles. The number of rotatable bonds is 7. The van der Waals surface area contributed by atoms with Gasteiger partial charge in [0.15, 0.2) is 23.1 Å². The number of aromatic nitrogens is 3. The molecule has 0 spiro atoms. The van der Waals surface area contributed by atoms with Gasteiger partial charge in [0.1, 0.15) is 13.2 Å². The predicted octanol–water partition coefficient (Wildman–Crippen LogP) is 2.39. The van der Waals surface area contributed by atoms with Crippen molar-refractivity contribution in [3.63, 3.8) is 0 Å². The number of nitrogens with zero attached hydrogens (tertiary/aromatic N) is 3. The van der Waals surface area contributed by atoms with E-state index in [1.54, 1.807) is 16.4 Å². The topological polar surface area (TPSA) is 69.4 Å². The minimum absolute atomic E-state index is 0.434. The highest BCUT2D eigenvalue weighted by Crippen LogP contribution is 2.34. The van der Waals surface area contributed by atoms with Crippen LogP contribution in [0, 0.1) is 0 Å². The van der Waals surface area contributed by atoms with Crippen LogP contribution in [-0.4, -0.2) is 51.2 Å². The molecule has 24 heavy (non-hydrogen) atoms. The Bertz CT molecular complexity index is 690. The number of aryl methyl sites for hydroxylation is 1. The molecule has 0 aliphatic carbocycles. The average Bonchev–Trinajstić information content (AvgIpc) is 3.02. The minimum Gasteiger partial charge on any atom is -0.486 e. The second-order valence-corrected chi connectivity index (χ2v) is 6.68. The van der Waals surface area contributed by atoms with E-state index in [0.717, 1.165) is 40.9 Å². The SMILES string of the molecule is CCC(O)Cn1nc(CCSC)nc1-c1ccc2c(c1)OCCO2. The molecule has 1 aliphatic rings. The Morgan fingerprint density at radius 2 is 2.08 bits per heavy atom. The van der Waals surface area contributed by atoms with E-state index in [1.807, 2.05) is 25.1 Å². The van der Waals surface area contributed by atoms with Crippen LogP contribution in [-0.2, 0) is 13.0 Å². The number of hydrogen-bond acceptors (Lipinski definition) is 6. The molecule has 7 heteroatoms. The maximum Gasteiger partial charge on any atom is 0.162 e. The van der Waals surface area contributed by atoms with E-state index in [0.29, 0.717) is 26.2 Å². The molecule has 0 fully saturated rings. The van der Waals surface area contributed by atoms with Crippen LogP contribution in [0.15, 0.2) is 18.2 Å². The Labute approximate surface area is 146 Å². The lowest BCUT2D eigenvalue weighted by Gasteiger charge is -2.19. The fourth-order valence-electron chi connectivity index (χ4n) is 2.54. The number of ether oxygens (including phenoxy) is 2. The smallest absolute Gasteiger partial charge is 0.162 e. The Balaban J connectivity index is 1.93. The van der Waals surface area contributed by atoms with Gasteiger partial charge in [-0.2, -0.15) is 16.9 Å². The summed E-state index contributed by atoms with van der Waals surface area (Å²) in [6.45, 7) is 3.52. The molecular weight excluding hydrogens is 326 g/mol. The summed E-state index contributed by atoms with van der Waals surface area (Å²) >= 11 is 1.77. The molecule has 3 rings (SSSR count). The van der Waals surface area contributed by atoms with E-state index in [-0.39, 0.29) is 0 Å². The fraction of sp³-hybridized carbons (Fsp3) is 0.529. The van der Waals surface area contributed by atoms with Gasteiger partial charge < -0.3 is 14.6 Å². The summed E-state index contributed by atoms with van der Waals surface area (Å²) in [6.07, 6.45) is 3.13. The average molecular weight is 349 g/mol. The van der Waals surface area contributed by atoms with Crippen LogP contribution in [0.25, 0.3) is 11.4 Å². The maximum absolute atomic E-state index is 10.0. The quantitative estimate of drug-likeness (QED) is 0.828. The van der Waals surface area contributed by atoms with Crippen LogP contribution >= 0.6 is 11.8 Å². The van der Waals surface area contributed by atoms with Crippen molar-refractivity contribution in [2.24, 2.45) is 0 Å². The van der Waals surface area contributed by atoms with E-state index in [9.17, 15) is 5.11 Å². The molecule has 1 aromatic carbocycles. The summed E-state index contributed by atoms with van der Waals surface area (Å²) in [5.41, 5.74) is 0.922. The molecule has 1 aliphatic heterocycles. The first kappa shape index (κ1) is 17.1. The lowest BCUT2D eigenvalue weighted by molar-refractivity contribution is 0.145. The Morgan fingerprint density at radius 1 is 1.29 bits per heavy atom. The summed E-state index contributed by atoms with van der Waals surface area (Å²) in [5.74, 6) is 4.02. The van der Waals surface area contributed by atoms with Crippen molar-refractivity contribution in [1.82, 2.24) is 14.8 Å². The van der Waals surface area contributed by atoms with E-state index in [4.69, 9.17) is 9.47 Å². The summed E-state index contributed by atoms with van der Waals surface area (Å²) in [5, 5.41) is 14.6. The van der Waals surface area contributed by atoms with Gasteiger partial charge in [-0.15, -0.1) is 0 Å². The predicted molar refractivity (Wildman–Crippen MR) is 94.8 cm³/mol. The Hall–Kier alpha value is -1.73. The summed E-state index contributed by atoms with van der Waals surface area (Å²) in [4.78, 5) is 4.69. The van der Waals surface area contributed by atoms with Gasteiger partial charge >= 0.3 is 0 Å². The molecule has 0 radical (unpaired) electrons. The molecule has 0 amide bonds. The first-order valence-corrected chi connectivity index (χ1v) is 9.61. The zero-order valence-corrected chi connectivity index (χ0v) is 14.9. The summed E-state index contributed by atoms with van der Waals surface area (Å²) in [7, 11) is 0. The third-order valence-electron chi connectivity index (χ3n) is 3.90. The molecule has 2 heterocycles. The third-order valence-corrected chi connectivity index (χ3v) is 4.51. The first-order chi connectivity index (χ1) is 11.7. The van der Waals surface area contributed by atoms with Crippen LogP contribution < -0.4 is 9.47 Å². The van der Waals surface area contributed by atoms with Gasteiger partial charge in [0.2, 0.25) is 0 Å². The van der Waals surface area contributed by atoms with Crippen molar-refractivity contribution in [3.05, 3.63) is 24.0 Å². The van der Waals surface area contributed by atoms with Crippen LogP contribution in [0.3, 0.4) is 0 Å². The number of aliphatic hydroxyl groups excluding tert-OH is 1. The second kappa shape index (κ2) is 7.90. The highest BCUT2D eigenvalue weighted by Gasteiger charge is 2.18. The van der Waals surface area contributed by atoms with Crippen molar-refractivity contribution in [3.8, 4) is 22.9 Å². The van der Waals surface area contributed by atoms with E-state index in [1.165, 1.54) is 0 Å². The largest absolute Gasteiger partial charge is 0.486 e. The first-order valence-electron chi connectivity index (χ1n) is 8.22. The molecule has 1 aromatic heterocycles. The third kappa shape index (κ3) is 3.84. The van der Waals surface area contributed by atoms with Crippen molar-refractivity contribution in [1.29, 1.82) is 0 Å². The zero-order valence-electron chi connectivity index (χ0n) is 14.1. The van der Waals surface area contributed by atoms with Crippen molar-refractivity contribution in [2.45, 2.75) is 32.4 Å². The lowest BCUT2D eigenvalue weighted by atomic mass is 10.1. The zero-order chi connectivity index (χ0) is 16.9. The van der Waals surface area contributed by atoms with Crippen LogP contribution in [0.2, 0.25) is 0 Å². The van der Waals surface area contributed by atoms with Crippen molar-refractivity contribution >= 4 is 11.8 Å². The number of thioether (sulfide) groups is 1. The number of fused-ring (bicyclic) bond motifs is 1. The number of aliphatic hydroxyl groups is 1. The van der Waals surface area contributed by atoms with Gasteiger partial charge in [-0.05, 0) is 30.9 Å². The normalized spacial score (nSPS) is 14.6. The van der Waals surface area contributed by atoms with Crippen molar-refractivity contribution in [2.75, 3.05) is 25.2 Å². The Morgan fingerprint density at radius 3 is 2.83 bits per heavy atom. The fourth-order valence-corrected chi connectivity index (χ4v) is 2.93. The molecule has 130 valence electrons. The Kier molecular flexibility index (Phi) is 5.63. The van der Waals surface area contributed by atoms with Gasteiger partial charge in [-0.1, -0.05) is 6.92 Å². The summed E-state index contributed by atoms with van der Waals surface area (Å²) < 4.78 is 13.0. The maximum atomic E-state index is 10.0. The van der Waals surface area contributed by atoms with Crippen molar-refractivity contribution < 1.29 is 14.6 Å². The molecule has 2 aromatic rings. The van der Waals surface area contributed by atoms with Gasteiger partial charge in [0, 0.05) is 17.7 Å². The van der Waals surface area contributed by atoms with Crippen LogP contribution in [0.1, 0.15) is 19.2 Å². The van der Waals surface area contributed by atoms with Gasteiger partial charge in [0.05, 0.1) is 12.6 Å². The molecule has 1 atom stereocenters. The van der Waals surface area contributed by atoms with Gasteiger partial charge in [0.25, 0.3) is 0 Å². The standard InChI is InChI=1S/C17H23N3O3S/c1-3-13(21)11-20-17(18-16(19-20)6-9-24-2)12-4-5-14-15(10-12)23-8-7-22-14/h4-5,10,13,21H,3,6-9,11H2,1-2H3. The molecule has 0 saturated heterocycles. The van der Waals surface area contributed by atoms with E-state index in [2.05, 4.69) is 16.3 Å².